The lowest BCUT2D eigenvalue weighted by Crippen LogP contribution is -2.28. The molecule has 0 fully saturated rings. The summed E-state index contributed by atoms with van der Waals surface area (Å²) in [7, 11) is 0. The Bertz CT molecular complexity index is 513. The lowest BCUT2D eigenvalue weighted by molar-refractivity contribution is -0.318. The Balaban J connectivity index is 2.74. The number of esters is 1. The molecule has 0 aliphatic rings. The molecule has 20 heavy (non-hydrogen) atoms. The van der Waals surface area contributed by atoms with Crippen LogP contribution in [0.5, 0.6) is 5.75 Å². The van der Waals surface area contributed by atoms with Crippen molar-refractivity contribution in [3.63, 3.8) is 0 Å². The zero-order valence-corrected chi connectivity index (χ0v) is 13.1. The first-order chi connectivity index (χ1) is 9.10. The Kier molecular flexibility index (Phi) is 5.65. The van der Waals surface area contributed by atoms with E-state index in [1.807, 2.05) is 0 Å². The van der Waals surface area contributed by atoms with Gasteiger partial charge < -0.3 is 4.74 Å². The van der Waals surface area contributed by atoms with Crippen LogP contribution in [0.3, 0.4) is 0 Å². The van der Waals surface area contributed by atoms with Crippen LogP contribution >= 0.6 is 34.8 Å². The minimum absolute atomic E-state index is 0.0135. The monoisotopic (exact) mass is 340 g/mol. The summed E-state index contributed by atoms with van der Waals surface area (Å²) in [5.41, 5.74) is -0.758. The number of ether oxygens (including phenoxy) is 1. The fourth-order valence-electron chi connectivity index (χ4n) is 0.958. The summed E-state index contributed by atoms with van der Waals surface area (Å²) >= 11 is 17.3. The van der Waals surface area contributed by atoms with Crippen molar-refractivity contribution >= 4 is 46.7 Å². The molecular formula is C12H11Cl3O5. The van der Waals surface area contributed by atoms with Gasteiger partial charge in [0.2, 0.25) is 0 Å². The average Bonchev–Trinajstić information content (AvgIpc) is 2.29. The van der Waals surface area contributed by atoms with Gasteiger partial charge in [0.25, 0.3) is 0 Å². The molecule has 0 aliphatic carbocycles. The smallest absolute Gasteiger partial charge is 0.415 e. The molecule has 0 saturated heterocycles. The van der Waals surface area contributed by atoms with Crippen molar-refractivity contribution in [2.45, 2.75) is 26.4 Å². The van der Waals surface area contributed by atoms with Gasteiger partial charge in [-0.25, -0.2) is 9.59 Å². The van der Waals surface area contributed by atoms with E-state index in [1.165, 1.54) is 12.1 Å². The molecule has 1 aromatic carbocycles. The number of hydrogen-bond donors (Lipinski definition) is 0. The van der Waals surface area contributed by atoms with E-state index in [1.54, 1.807) is 20.8 Å². The number of rotatable bonds is 2. The molecule has 0 N–H and O–H groups in total. The van der Waals surface area contributed by atoms with E-state index in [2.05, 4.69) is 4.89 Å². The van der Waals surface area contributed by atoms with Crippen molar-refractivity contribution in [2.24, 2.45) is 0 Å². The van der Waals surface area contributed by atoms with E-state index in [4.69, 9.17) is 44.4 Å². The highest BCUT2D eigenvalue weighted by Gasteiger charge is 2.25. The SMILES string of the molecule is CC(C)(C)OOC(=O)C(=O)Oc1c(Cl)cc(Cl)cc1Cl. The molecule has 0 bridgehead atoms. The Hall–Kier alpha value is -1.01. The fourth-order valence-corrected chi connectivity index (χ4v) is 1.85. The Labute approximate surface area is 130 Å². The summed E-state index contributed by atoms with van der Waals surface area (Å²) in [5, 5.41) is 0.235. The van der Waals surface area contributed by atoms with Gasteiger partial charge in [0.15, 0.2) is 5.75 Å². The second-order valence-electron chi connectivity index (χ2n) is 4.65. The van der Waals surface area contributed by atoms with Gasteiger partial charge in [0.05, 0.1) is 10.0 Å². The number of halogens is 3. The van der Waals surface area contributed by atoms with Gasteiger partial charge in [0, 0.05) is 5.02 Å². The van der Waals surface area contributed by atoms with Crippen LogP contribution < -0.4 is 4.74 Å². The molecule has 0 saturated carbocycles. The van der Waals surface area contributed by atoms with E-state index in [9.17, 15) is 9.59 Å². The largest absolute Gasteiger partial charge is 0.450 e. The molecule has 0 heterocycles. The molecule has 0 atom stereocenters. The minimum atomic E-state index is -1.33. The highest BCUT2D eigenvalue weighted by atomic mass is 35.5. The van der Waals surface area contributed by atoms with E-state index in [-0.39, 0.29) is 20.8 Å². The second-order valence-corrected chi connectivity index (χ2v) is 5.91. The maximum absolute atomic E-state index is 11.5. The fraction of sp³-hybridized carbons (Fsp3) is 0.333. The van der Waals surface area contributed by atoms with Crippen LogP contribution in [0.4, 0.5) is 0 Å². The molecule has 1 aromatic rings. The molecule has 0 amide bonds. The van der Waals surface area contributed by atoms with E-state index < -0.39 is 17.5 Å². The van der Waals surface area contributed by atoms with Gasteiger partial charge in [0.1, 0.15) is 5.60 Å². The van der Waals surface area contributed by atoms with Crippen molar-refractivity contribution in [1.29, 1.82) is 0 Å². The summed E-state index contributed by atoms with van der Waals surface area (Å²) in [6, 6.07) is 2.63. The first-order valence-electron chi connectivity index (χ1n) is 5.36. The Morgan fingerprint density at radius 3 is 1.95 bits per heavy atom. The Morgan fingerprint density at radius 2 is 1.50 bits per heavy atom. The minimum Gasteiger partial charge on any atom is -0.415 e. The number of carbonyl (C=O) groups is 2. The van der Waals surface area contributed by atoms with Gasteiger partial charge in [-0.1, -0.05) is 34.8 Å². The van der Waals surface area contributed by atoms with E-state index >= 15 is 0 Å². The van der Waals surface area contributed by atoms with Crippen LogP contribution in [0.15, 0.2) is 12.1 Å². The summed E-state index contributed by atoms with van der Waals surface area (Å²) in [5.74, 6) is -2.84. The van der Waals surface area contributed by atoms with Crippen molar-refractivity contribution in [1.82, 2.24) is 0 Å². The number of carbonyl (C=O) groups excluding carboxylic acids is 2. The predicted molar refractivity (Wildman–Crippen MR) is 74.0 cm³/mol. The molecule has 0 aliphatic heterocycles. The van der Waals surface area contributed by atoms with Crippen molar-refractivity contribution in [3.05, 3.63) is 27.2 Å². The third-order valence-corrected chi connectivity index (χ3v) is 2.47. The number of benzene rings is 1. The summed E-state index contributed by atoms with van der Waals surface area (Å²) in [6.07, 6.45) is 0. The van der Waals surface area contributed by atoms with Gasteiger partial charge in [-0.3, -0.25) is 4.89 Å². The molecule has 0 spiro atoms. The van der Waals surface area contributed by atoms with Crippen LogP contribution in [0.25, 0.3) is 0 Å². The van der Waals surface area contributed by atoms with Crippen LogP contribution in [0, 0.1) is 0 Å². The standard InChI is InChI=1S/C12H11Cl3O5/c1-12(2,3)20-19-11(17)10(16)18-9-7(14)4-6(13)5-8(9)15/h4-5H,1-3H3. The first-order valence-corrected chi connectivity index (χ1v) is 6.50. The van der Waals surface area contributed by atoms with Gasteiger partial charge >= 0.3 is 11.9 Å². The predicted octanol–water partition coefficient (Wildman–Crippen LogP) is 3.83. The van der Waals surface area contributed by atoms with Crippen LogP contribution in [0.2, 0.25) is 15.1 Å². The van der Waals surface area contributed by atoms with Crippen LogP contribution in [0.1, 0.15) is 20.8 Å². The summed E-state index contributed by atoms with van der Waals surface area (Å²) in [4.78, 5) is 31.9. The third-order valence-electron chi connectivity index (χ3n) is 1.69. The van der Waals surface area contributed by atoms with Gasteiger partial charge in [-0.05, 0) is 32.9 Å². The topological polar surface area (TPSA) is 61.8 Å². The highest BCUT2D eigenvalue weighted by Crippen LogP contribution is 2.35. The summed E-state index contributed by atoms with van der Waals surface area (Å²) < 4.78 is 4.74. The normalized spacial score (nSPS) is 11.1. The maximum atomic E-state index is 11.5. The molecule has 0 radical (unpaired) electrons. The molecule has 1 rings (SSSR count). The molecule has 5 nitrogen and oxygen atoms in total. The average molecular weight is 342 g/mol. The maximum Gasteiger partial charge on any atom is 0.450 e. The van der Waals surface area contributed by atoms with Crippen molar-refractivity contribution < 1.29 is 24.1 Å². The highest BCUT2D eigenvalue weighted by molar-refractivity contribution is 6.41. The quantitative estimate of drug-likeness (QED) is 0.269. The zero-order chi connectivity index (χ0) is 15.5. The Morgan fingerprint density at radius 1 is 1.00 bits per heavy atom. The first kappa shape index (κ1) is 17.0. The van der Waals surface area contributed by atoms with Crippen LogP contribution in [-0.4, -0.2) is 17.5 Å². The lowest BCUT2D eigenvalue weighted by atomic mass is 10.2. The van der Waals surface area contributed by atoms with Crippen molar-refractivity contribution in [2.75, 3.05) is 0 Å². The number of hydrogen-bond acceptors (Lipinski definition) is 5. The van der Waals surface area contributed by atoms with E-state index in [0.717, 1.165) is 0 Å². The van der Waals surface area contributed by atoms with E-state index in [0.29, 0.717) is 0 Å². The molecule has 0 unspecified atom stereocenters. The van der Waals surface area contributed by atoms with Crippen LogP contribution in [-0.2, 0) is 19.4 Å². The van der Waals surface area contributed by atoms with Crippen molar-refractivity contribution in [3.8, 4) is 5.75 Å². The molecule has 110 valence electrons. The summed E-state index contributed by atoms with van der Waals surface area (Å²) in [6.45, 7) is 4.91. The third kappa shape index (κ3) is 5.17. The lowest BCUT2D eigenvalue weighted by Gasteiger charge is -2.16. The molecular weight excluding hydrogens is 330 g/mol. The second kappa shape index (κ2) is 6.63. The van der Waals surface area contributed by atoms with Gasteiger partial charge in [-0.2, -0.15) is 4.89 Å². The zero-order valence-electron chi connectivity index (χ0n) is 10.8. The van der Waals surface area contributed by atoms with Gasteiger partial charge in [-0.15, -0.1) is 0 Å². The molecule has 8 heteroatoms. The molecule has 0 aromatic heterocycles.